The van der Waals surface area contributed by atoms with Gasteiger partial charge in [-0.25, -0.2) is 4.79 Å². The molecule has 0 aromatic rings. The van der Waals surface area contributed by atoms with Gasteiger partial charge in [0.15, 0.2) is 0 Å². The van der Waals surface area contributed by atoms with Crippen LogP contribution in [-0.4, -0.2) is 53.2 Å². The second-order valence-corrected chi connectivity index (χ2v) is 7.09. The molecule has 0 spiro atoms. The Labute approximate surface area is 136 Å². The molecule has 2 atom stereocenters. The molecule has 0 N–H and O–H groups in total. The molecular formula is C15H26N2O6. The van der Waals surface area contributed by atoms with Gasteiger partial charge in [0.05, 0.1) is 25.0 Å². The number of hydrogen-bond donors (Lipinski definition) is 0. The van der Waals surface area contributed by atoms with Gasteiger partial charge in [0.2, 0.25) is 6.54 Å². The number of rotatable bonds is 5. The van der Waals surface area contributed by atoms with Gasteiger partial charge in [0, 0.05) is 11.5 Å². The van der Waals surface area contributed by atoms with Crippen molar-refractivity contribution in [2.75, 3.05) is 20.2 Å². The van der Waals surface area contributed by atoms with Crippen molar-refractivity contribution in [2.45, 2.75) is 58.1 Å². The Morgan fingerprint density at radius 2 is 2.00 bits per heavy atom. The third kappa shape index (κ3) is 5.07. The Morgan fingerprint density at radius 3 is 2.48 bits per heavy atom. The Bertz CT molecular complexity index is 473. The average Bonchev–Trinajstić information content (AvgIpc) is 2.78. The molecule has 0 saturated carbocycles. The second-order valence-electron chi connectivity index (χ2n) is 7.09. The average molecular weight is 330 g/mol. The molecule has 1 fully saturated rings. The summed E-state index contributed by atoms with van der Waals surface area (Å²) in [4.78, 5) is 36.1. The van der Waals surface area contributed by atoms with Crippen LogP contribution in [0.2, 0.25) is 0 Å². The Hall–Kier alpha value is -1.86. The highest BCUT2D eigenvalue weighted by Gasteiger charge is 2.49. The van der Waals surface area contributed by atoms with Gasteiger partial charge in [-0.2, -0.15) is 0 Å². The third-order valence-electron chi connectivity index (χ3n) is 4.18. The Balaban J connectivity index is 3.02. The first-order valence-corrected chi connectivity index (χ1v) is 7.69. The van der Waals surface area contributed by atoms with Crippen molar-refractivity contribution in [2.24, 2.45) is 5.92 Å². The summed E-state index contributed by atoms with van der Waals surface area (Å²) in [6.45, 7) is 7.14. The molecule has 0 aromatic heterocycles. The summed E-state index contributed by atoms with van der Waals surface area (Å²) in [5.41, 5.74) is -1.45. The number of methoxy groups -OCH3 is 1. The number of carbonyl (C=O) groups excluding carboxylic acids is 2. The maximum atomic E-state index is 12.4. The second kappa shape index (κ2) is 7.14. The van der Waals surface area contributed by atoms with E-state index in [0.29, 0.717) is 19.4 Å². The molecule has 132 valence electrons. The number of nitro groups is 1. The van der Waals surface area contributed by atoms with E-state index in [0.717, 1.165) is 0 Å². The summed E-state index contributed by atoms with van der Waals surface area (Å²) in [7, 11) is 1.24. The monoisotopic (exact) mass is 330 g/mol. The fraction of sp³-hybridized carbons (Fsp3) is 0.867. The first kappa shape index (κ1) is 19.2. The smallest absolute Gasteiger partial charge is 0.410 e. The van der Waals surface area contributed by atoms with Crippen LogP contribution in [0, 0.1) is 16.0 Å². The lowest BCUT2D eigenvalue weighted by Crippen LogP contribution is -2.53. The van der Waals surface area contributed by atoms with E-state index in [-0.39, 0.29) is 6.42 Å². The molecule has 1 heterocycles. The molecule has 8 nitrogen and oxygen atoms in total. The van der Waals surface area contributed by atoms with Crippen molar-refractivity contribution in [1.29, 1.82) is 0 Å². The van der Waals surface area contributed by atoms with Crippen LogP contribution in [0.4, 0.5) is 4.79 Å². The number of hydrogen-bond acceptors (Lipinski definition) is 6. The molecule has 8 heteroatoms. The number of esters is 1. The summed E-state index contributed by atoms with van der Waals surface area (Å²) >= 11 is 0. The summed E-state index contributed by atoms with van der Waals surface area (Å²) in [6.07, 6.45) is 0.691. The van der Waals surface area contributed by atoms with E-state index < -0.39 is 40.6 Å². The van der Waals surface area contributed by atoms with Crippen LogP contribution < -0.4 is 0 Å². The molecule has 23 heavy (non-hydrogen) atoms. The van der Waals surface area contributed by atoms with Crippen molar-refractivity contribution in [3.8, 4) is 0 Å². The van der Waals surface area contributed by atoms with Crippen LogP contribution in [0.3, 0.4) is 0 Å². The zero-order valence-electron chi connectivity index (χ0n) is 14.5. The quantitative estimate of drug-likeness (QED) is 0.435. The van der Waals surface area contributed by atoms with Gasteiger partial charge >= 0.3 is 12.1 Å². The van der Waals surface area contributed by atoms with Gasteiger partial charge in [-0.15, -0.1) is 0 Å². The van der Waals surface area contributed by atoms with Gasteiger partial charge < -0.3 is 14.4 Å². The minimum Gasteiger partial charge on any atom is -0.469 e. The first-order valence-electron chi connectivity index (χ1n) is 7.69. The van der Waals surface area contributed by atoms with E-state index in [9.17, 15) is 19.7 Å². The van der Waals surface area contributed by atoms with E-state index in [1.165, 1.54) is 12.0 Å². The minimum atomic E-state index is -0.802. The van der Waals surface area contributed by atoms with Crippen LogP contribution in [0.1, 0.15) is 47.0 Å². The van der Waals surface area contributed by atoms with Crippen molar-refractivity contribution >= 4 is 12.1 Å². The Kier molecular flexibility index (Phi) is 5.96. The number of ether oxygens (including phenoxy) is 2. The van der Waals surface area contributed by atoms with Crippen molar-refractivity contribution < 1.29 is 24.0 Å². The lowest BCUT2D eigenvalue weighted by Gasteiger charge is -2.40. The van der Waals surface area contributed by atoms with Gasteiger partial charge in [0.1, 0.15) is 5.60 Å². The van der Waals surface area contributed by atoms with Crippen LogP contribution in [0.5, 0.6) is 0 Å². The standard InChI is InChI=1S/C15H26N2O6/c1-14(2,3)23-13(19)16-8-6-7-15(16,4)11(10-17(20)21)9-12(18)22-5/h11H,6-10H2,1-5H3. The molecule has 2 unspecified atom stereocenters. The maximum absolute atomic E-state index is 12.4. The largest absolute Gasteiger partial charge is 0.469 e. The highest BCUT2D eigenvalue weighted by molar-refractivity contribution is 5.71. The summed E-state index contributed by atoms with van der Waals surface area (Å²) in [5, 5.41) is 11.0. The van der Waals surface area contributed by atoms with Crippen molar-refractivity contribution in [3.63, 3.8) is 0 Å². The van der Waals surface area contributed by atoms with E-state index >= 15 is 0 Å². The fourth-order valence-corrected chi connectivity index (χ4v) is 2.97. The molecule has 1 aliphatic heterocycles. The molecule has 1 rings (SSSR count). The van der Waals surface area contributed by atoms with Crippen molar-refractivity contribution in [1.82, 2.24) is 4.90 Å². The van der Waals surface area contributed by atoms with Crippen LogP contribution in [0.25, 0.3) is 0 Å². The van der Waals surface area contributed by atoms with E-state index in [1.54, 1.807) is 27.7 Å². The maximum Gasteiger partial charge on any atom is 0.410 e. The molecule has 0 aliphatic carbocycles. The zero-order chi connectivity index (χ0) is 17.8. The molecular weight excluding hydrogens is 304 g/mol. The van der Waals surface area contributed by atoms with Crippen LogP contribution in [-0.2, 0) is 14.3 Å². The SMILES string of the molecule is COC(=O)CC(C[N+](=O)[O-])C1(C)CCCN1C(=O)OC(C)(C)C. The van der Waals surface area contributed by atoms with E-state index in [4.69, 9.17) is 4.74 Å². The zero-order valence-corrected chi connectivity index (χ0v) is 14.5. The molecule has 1 aliphatic rings. The third-order valence-corrected chi connectivity index (χ3v) is 4.18. The Morgan fingerprint density at radius 1 is 1.39 bits per heavy atom. The van der Waals surface area contributed by atoms with Gasteiger partial charge in [-0.3, -0.25) is 14.9 Å². The van der Waals surface area contributed by atoms with Crippen LogP contribution in [0.15, 0.2) is 0 Å². The molecule has 0 bridgehead atoms. The summed E-state index contributed by atoms with van der Waals surface area (Å²) < 4.78 is 10.1. The number of carbonyl (C=O) groups is 2. The van der Waals surface area contributed by atoms with Crippen LogP contribution >= 0.6 is 0 Å². The molecule has 0 radical (unpaired) electrons. The normalized spacial score (nSPS) is 22.6. The van der Waals surface area contributed by atoms with Gasteiger partial charge in [0.25, 0.3) is 0 Å². The molecule has 1 amide bonds. The summed E-state index contributed by atoms with van der Waals surface area (Å²) in [5.74, 6) is -1.14. The topological polar surface area (TPSA) is 99.0 Å². The fourth-order valence-electron chi connectivity index (χ4n) is 2.97. The van der Waals surface area contributed by atoms with E-state index in [1.807, 2.05) is 0 Å². The lowest BCUT2D eigenvalue weighted by molar-refractivity contribution is -0.491. The number of likely N-dealkylation sites (tertiary alicyclic amines) is 1. The molecule has 0 aromatic carbocycles. The molecule has 1 saturated heterocycles. The minimum absolute atomic E-state index is 0.104. The lowest BCUT2D eigenvalue weighted by atomic mass is 9.81. The van der Waals surface area contributed by atoms with E-state index in [2.05, 4.69) is 4.74 Å². The highest BCUT2D eigenvalue weighted by atomic mass is 16.6. The van der Waals surface area contributed by atoms with Gasteiger partial charge in [-0.1, -0.05) is 0 Å². The number of nitrogens with zero attached hydrogens (tertiary/aromatic N) is 2. The summed E-state index contributed by atoms with van der Waals surface area (Å²) in [6, 6.07) is 0. The number of amides is 1. The predicted molar refractivity (Wildman–Crippen MR) is 82.6 cm³/mol. The predicted octanol–water partition coefficient (Wildman–Crippen LogP) is 2.23. The highest BCUT2D eigenvalue weighted by Crippen LogP contribution is 2.38. The first-order chi connectivity index (χ1) is 10.5. The van der Waals surface area contributed by atoms with Crippen molar-refractivity contribution in [3.05, 3.63) is 10.1 Å². The van der Waals surface area contributed by atoms with Gasteiger partial charge in [-0.05, 0) is 40.5 Å².